The van der Waals surface area contributed by atoms with E-state index in [1.165, 1.54) is 16.9 Å². The monoisotopic (exact) mass is 331 g/mol. The first kappa shape index (κ1) is 15.8. The highest BCUT2D eigenvalue weighted by molar-refractivity contribution is 5.55. The predicted octanol–water partition coefficient (Wildman–Crippen LogP) is 3.07. The molecule has 0 N–H and O–H groups in total. The van der Waals surface area contributed by atoms with Gasteiger partial charge in [-0.25, -0.2) is 4.39 Å². The van der Waals surface area contributed by atoms with E-state index in [1.807, 2.05) is 0 Å². The zero-order chi connectivity index (χ0) is 17.5. The van der Waals surface area contributed by atoms with Gasteiger partial charge in [0.05, 0.1) is 4.92 Å². The molecule has 9 heteroatoms. The van der Waals surface area contributed by atoms with Crippen molar-refractivity contribution >= 4 is 5.69 Å². The molecule has 0 bridgehead atoms. The smallest absolute Gasteiger partial charge is 0.307 e. The van der Waals surface area contributed by atoms with Crippen LogP contribution < -0.4 is 0 Å². The van der Waals surface area contributed by atoms with Crippen LogP contribution in [-0.2, 0) is 5.54 Å². The molecule has 0 saturated carbocycles. The minimum Gasteiger partial charge on any atom is -0.336 e. The average molecular weight is 331 g/mol. The Bertz CT molecular complexity index is 915. The minimum absolute atomic E-state index is 0.136. The van der Waals surface area contributed by atoms with Gasteiger partial charge in [-0.2, -0.15) is 10.1 Å². The summed E-state index contributed by atoms with van der Waals surface area (Å²) < 4.78 is 20.3. The first-order chi connectivity index (χ1) is 11.3. The maximum atomic E-state index is 13.7. The summed E-state index contributed by atoms with van der Waals surface area (Å²) in [6.45, 7) is 5.13. The van der Waals surface area contributed by atoms with E-state index in [2.05, 4.69) is 15.2 Å². The zero-order valence-electron chi connectivity index (χ0n) is 13.2. The Morgan fingerprint density at radius 2 is 2.12 bits per heavy atom. The van der Waals surface area contributed by atoms with Gasteiger partial charge in [0.1, 0.15) is 23.7 Å². The molecule has 3 rings (SSSR count). The lowest BCUT2D eigenvalue weighted by Crippen LogP contribution is -2.28. The molecular weight excluding hydrogens is 317 g/mol. The number of hydrogen-bond acceptors (Lipinski definition) is 6. The number of nitrogens with zero attached hydrogens (tertiary/aromatic N) is 5. The summed E-state index contributed by atoms with van der Waals surface area (Å²) in [5.41, 5.74) is -0.0339. The molecule has 0 saturated heterocycles. The van der Waals surface area contributed by atoms with Crippen molar-refractivity contribution in [3.05, 3.63) is 58.0 Å². The van der Waals surface area contributed by atoms with Gasteiger partial charge in [0.25, 0.3) is 5.89 Å². The van der Waals surface area contributed by atoms with Crippen LogP contribution in [-0.4, -0.2) is 24.8 Å². The van der Waals surface area contributed by atoms with Crippen LogP contribution in [0.1, 0.15) is 25.3 Å². The second kappa shape index (κ2) is 5.52. The summed E-state index contributed by atoms with van der Waals surface area (Å²) >= 11 is 0. The molecule has 0 fully saturated rings. The van der Waals surface area contributed by atoms with Crippen molar-refractivity contribution in [1.29, 1.82) is 0 Å². The van der Waals surface area contributed by atoms with Gasteiger partial charge in [0.2, 0.25) is 5.82 Å². The Morgan fingerprint density at radius 3 is 2.75 bits per heavy atom. The van der Waals surface area contributed by atoms with Gasteiger partial charge in [0, 0.05) is 5.56 Å². The Balaban J connectivity index is 1.96. The van der Waals surface area contributed by atoms with E-state index in [0.717, 1.165) is 6.20 Å². The molecule has 8 nitrogen and oxygen atoms in total. The summed E-state index contributed by atoms with van der Waals surface area (Å²) in [5, 5.41) is 18.6. The molecule has 3 aromatic rings. The van der Waals surface area contributed by atoms with Crippen molar-refractivity contribution in [3.63, 3.8) is 0 Å². The highest BCUT2D eigenvalue weighted by Gasteiger charge is 2.32. The van der Waals surface area contributed by atoms with Gasteiger partial charge in [0.15, 0.2) is 0 Å². The number of rotatable bonds is 4. The first-order valence-electron chi connectivity index (χ1n) is 7.09. The minimum atomic E-state index is -0.900. The summed E-state index contributed by atoms with van der Waals surface area (Å²) in [5.74, 6) is 0.0796. The van der Waals surface area contributed by atoms with E-state index in [4.69, 9.17) is 4.52 Å². The molecule has 124 valence electrons. The summed E-state index contributed by atoms with van der Waals surface area (Å²) in [4.78, 5) is 14.5. The standard InChI is InChI=1S/C15H14FN5O3/c1-9-4-5-10(6-12(9)16)13-18-14(24-19-13)15(2,3)20-8-11(7-17-20)21(22)23/h4-8H,1-3H3. The van der Waals surface area contributed by atoms with Crippen molar-refractivity contribution in [2.24, 2.45) is 0 Å². The predicted molar refractivity (Wildman–Crippen MR) is 81.7 cm³/mol. The molecule has 0 unspecified atom stereocenters. The molecule has 0 radical (unpaired) electrons. The van der Waals surface area contributed by atoms with Crippen molar-refractivity contribution < 1.29 is 13.8 Å². The Hall–Kier alpha value is -3.10. The molecule has 2 aromatic heterocycles. The lowest BCUT2D eigenvalue weighted by atomic mass is 10.1. The lowest BCUT2D eigenvalue weighted by molar-refractivity contribution is -0.385. The van der Waals surface area contributed by atoms with Crippen molar-refractivity contribution in [2.45, 2.75) is 26.3 Å². The van der Waals surface area contributed by atoms with E-state index in [-0.39, 0.29) is 23.2 Å². The number of benzene rings is 1. The molecule has 0 spiro atoms. The van der Waals surface area contributed by atoms with Crippen LogP contribution in [0.15, 0.2) is 35.1 Å². The molecule has 1 aromatic carbocycles. The van der Waals surface area contributed by atoms with Gasteiger partial charge in [-0.05, 0) is 32.4 Å². The van der Waals surface area contributed by atoms with Crippen molar-refractivity contribution in [1.82, 2.24) is 19.9 Å². The highest BCUT2D eigenvalue weighted by atomic mass is 19.1. The van der Waals surface area contributed by atoms with E-state index in [9.17, 15) is 14.5 Å². The van der Waals surface area contributed by atoms with E-state index in [1.54, 1.807) is 32.9 Å². The summed E-state index contributed by atoms with van der Waals surface area (Å²) in [6, 6.07) is 4.65. The van der Waals surface area contributed by atoms with E-state index in [0.29, 0.717) is 11.1 Å². The van der Waals surface area contributed by atoms with Gasteiger partial charge in [-0.3, -0.25) is 14.8 Å². The Kier molecular flexibility index (Phi) is 3.63. The van der Waals surface area contributed by atoms with Crippen LogP contribution in [0.4, 0.5) is 10.1 Å². The van der Waals surface area contributed by atoms with Crippen LogP contribution in [0.2, 0.25) is 0 Å². The zero-order valence-corrected chi connectivity index (χ0v) is 13.2. The molecule has 0 aliphatic rings. The highest BCUT2D eigenvalue weighted by Crippen LogP contribution is 2.27. The molecule has 2 heterocycles. The molecule has 0 aliphatic heterocycles. The Morgan fingerprint density at radius 1 is 1.38 bits per heavy atom. The molecule has 0 amide bonds. The molecule has 24 heavy (non-hydrogen) atoms. The van der Waals surface area contributed by atoms with E-state index >= 15 is 0 Å². The fourth-order valence-corrected chi connectivity index (χ4v) is 2.13. The maximum Gasteiger partial charge on any atom is 0.307 e. The van der Waals surface area contributed by atoms with Crippen LogP contribution in [0.3, 0.4) is 0 Å². The number of hydrogen-bond donors (Lipinski definition) is 0. The number of aromatic nitrogens is 4. The third-order valence-electron chi connectivity index (χ3n) is 3.73. The third-order valence-corrected chi connectivity index (χ3v) is 3.73. The Labute approximate surface area is 136 Å². The number of nitro groups is 1. The maximum absolute atomic E-state index is 13.7. The number of aryl methyl sites for hydroxylation is 1. The second-order valence-electron chi connectivity index (χ2n) is 5.85. The lowest BCUT2D eigenvalue weighted by Gasteiger charge is -2.19. The van der Waals surface area contributed by atoms with Crippen LogP contribution in [0, 0.1) is 22.9 Å². The second-order valence-corrected chi connectivity index (χ2v) is 5.85. The SMILES string of the molecule is Cc1ccc(-c2noc(C(C)(C)n3cc([N+](=O)[O-])cn3)n2)cc1F. The topological polar surface area (TPSA) is 99.9 Å². The fraction of sp³-hybridized carbons (Fsp3) is 0.267. The molecule has 0 aliphatic carbocycles. The first-order valence-corrected chi connectivity index (χ1v) is 7.09. The van der Waals surface area contributed by atoms with Gasteiger partial charge in [-0.1, -0.05) is 17.3 Å². The average Bonchev–Trinajstić information content (AvgIpc) is 3.19. The van der Waals surface area contributed by atoms with E-state index < -0.39 is 10.5 Å². The number of halogens is 1. The fourth-order valence-electron chi connectivity index (χ4n) is 2.13. The normalized spacial score (nSPS) is 11.7. The molecule has 0 atom stereocenters. The van der Waals surface area contributed by atoms with Crippen molar-refractivity contribution in [3.8, 4) is 11.4 Å². The van der Waals surface area contributed by atoms with Gasteiger partial charge < -0.3 is 4.52 Å². The quantitative estimate of drug-likeness (QED) is 0.538. The largest absolute Gasteiger partial charge is 0.336 e. The van der Waals surface area contributed by atoms with Crippen LogP contribution in [0.25, 0.3) is 11.4 Å². The van der Waals surface area contributed by atoms with Crippen molar-refractivity contribution in [2.75, 3.05) is 0 Å². The van der Waals surface area contributed by atoms with Crippen LogP contribution >= 0.6 is 0 Å². The summed E-state index contributed by atoms with van der Waals surface area (Å²) in [7, 11) is 0. The van der Waals surface area contributed by atoms with Gasteiger partial charge in [-0.15, -0.1) is 0 Å². The van der Waals surface area contributed by atoms with Crippen LogP contribution in [0.5, 0.6) is 0 Å². The third kappa shape index (κ3) is 2.64. The molecular formula is C15H14FN5O3. The summed E-state index contributed by atoms with van der Waals surface area (Å²) in [6.07, 6.45) is 2.43. The van der Waals surface area contributed by atoms with Gasteiger partial charge >= 0.3 is 5.69 Å².